The number of benzene rings is 3. The smallest absolute Gasteiger partial charge is 0.243 e. The van der Waals surface area contributed by atoms with Crippen molar-refractivity contribution < 1.29 is 9.78 Å². The highest BCUT2D eigenvalue weighted by Gasteiger charge is 2.42. The van der Waals surface area contributed by atoms with E-state index in [4.69, 9.17) is 9.78 Å². The number of tetrazole rings is 1. The van der Waals surface area contributed by atoms with Gasteiger partial charge in [0.2, 0.25) is 5.95 Å². The van der Waals surface area contributed by atoms with Crippen molar-refractivity contribution in [3.8, 4) is 0 Å². The normalized spacial score (nSPS) is 21.4. The van der Waals surface area contributed by atoms with E-state index >= 15 is 0 Å². The zero-order chi connectivity index (χ0) is 21.2. The molecule has 1 N–H and O–H groups in total. The highest BCUT2D eigenvalue weighted by atomic mass is 17.2. The fourth-order valence-corrected chi connectivity index (χ4v) is 4.57. The molecular weight excluding hydrogens is 390 g/mol. The van der Waals surface area contributed by atoms with Gasteiger partial charge in [0.25, 0.3) is 0 Å². The van der Waals surface area contributed by atoms with Gasteiger partial charge in [-0.25, -0.2) is 14.5 Å². The highest BCUT2D eigenvalue weighted by Crippen LogP contribution is 2.40. The average Bonchev–Trinajstić information content (AvgIpc) is 3.26. The summed E-state index contributed by atoms with van der Waals surface area (Å²) < 4.78 is 1.86. The molecule has 0 bridgehead atoms. The van der Waals surface area contributed by atoms with Gasteiger partial charge >= 0.3 is 0 Å². The van der Waals surface area contributed by atoms with Crippen molar-refractivity contribution in [1.82, 2.24) is 20.2 Å². The highest BCUT2D eigenvalue weighted by molar-refractivity contribution is 5.86. The molecule has 31 heavy (non-hydrogen) atoms. The number of nitrogens with one attached hydrogen (secondary N) is 1. The number of anilines is 1. The van der Waals surface area contributed by atoms with Crippen LogP contribution < -0.4 is 5.32 Å². The average molecular weight is 415 g/mol. The largest absolute Gasteiger partial charge is 0.350 e. The van der Waals surface area contributed by atoms with Crippen LogP contribution in [0.25, 0.3) is 10.8 Å². The molecule has 4 aromatic rings. The standard InChI is InChI=1S/C24H25N5O2/c1-16-22(17(2)31-30-15-18-9-4-3-5-10-18)23(29-24(25-16)26-27-28-29)21-14-8-12-19-11-6-7-13-20(19)21/h3-14,16-17,22-23H,15H2,1-2H3,(H,25,26,28). The minimum absolute atomic E-state index is 0.0394. The Morgan fingerprint density at radius 3 is 2.65 bits per heavy atom. The summed E-state index contributed by atoms with van der Waals surface area (Å²) in [7, 11) is 0. The van der Waals surface area contributed by atoms with E-state index < -0.39 is 0 Å². The molecule has 0 aliphatic carbocycles. The molecular formula is C24H25N5O2. The summed E-state index contributed by atoms with van der Waals surface area (Å²) in [5.41, 5.74) is 2.24. The maximum atomic E-state index is 5.89. The maximum Gasteiger partial charge on any atom is 0.243 e. The van der Waals surface area contributed by atoms with Gasteiger partial charge in [0, 0.05) is 12.0 Å². The molecule has 0 spiro atoms. The van der Waals surface area contributed by atoms with Crippen LogP contribution in [0.15, 0.2) is 72.8 Å². The van der Waals surface area contributed by atoms with Gasteiger partial charge in [-0.2, -0.15) is 0 Å². The molecule has 158 valence electrons. The molecule has 0 amide bonds. The van der Waals surface area contributed by atoms with E-state index in [1.165, 1.54) is 16.3 Å². The van der Waals surface area contributed by atoms with E-state index in [1.54, 1.807) is 0 Å². The third-order valence-corrected chi connectivity index (χ3v) is 6.03. The summed E-state index contributed by atoms with van der Waals surface area (Å²) in [6.45, 7) is 4.58. The summed E-state index contributed by atoms with van der Waals surface area (Å²) in [6.07, 6.45) is -0.201. The fourth-order valence-electron chi connectivity index (χ4n) is 4.57. The van der Waals surface area contributed by atoms with Crippen molar-refractivity contribution in [2.24, 2.45) is 5.92 Å². The molecule has 4 unspecified atom stereocenters. The van der Waals surface area contributed by atoms with Crippen molar-refractivity contribution in [2.75, 3.05) is 5.32 Å². The van der Waals surface area contributed by atoms with Crippen molar-refractivity contribution >= 4 is 16.7 Å². The van der Waals surface area contributed by atoms with Crippen LogP contribution >= 0.6 is 0 Å². The molecule has 0 fully saturated rings. The molecule has 0 saturated heterocycles. The third kappa shape index (κ3) is 3.78. The first-order valence-electron chi connectivity index (χ1n) is 10.6. The zero-order valence-corrected chi connectivity index (χ0v) is 17.6. The molecule has 4 atom stereocenters. The number of hydrogen-bond acceptors (Lipinski definition) is 6. The minimum atomic E-state index is -0.201. The predicted octanol–water partition coefficient (Wildman–Crippen LogP) is 4.38. The Kier molecular flexibility index (Phi) is 5.36. The Labute approximate surface area is 180 Å². The quantitative estimate of drug-likeness (QED) is 0.372. The first-order chi connectivity index (χ1) is 15.2. The summed E-state index contributed by atoms with van der Waals surface area (Å²) in [6, 6.07) is 24.8. The molecule has 2 heterocycles. The van der Waals surface area contributed by atoms with Crippen LogP contribution in [-0.2, 0) is 16.4 Å². The Balaban J connectivity index is 1.47. The lowest BCUT2D eigenvalue weighted by Gasteiger charge is -2.40. The predicted molar refractivity (Wildman–Crippen MR) is 118 cm³/mol. The van der Waals surface area contributed by atoms with Crippen molar-refractivity contribution in [3.05, 3.63) is 83.9 Å². The van der Waals surface area contributed by atoms with E-state index in [1.807, 2.05) is 41.9 Å². The molecule has 1 aliphatic rings. The first-order valence-corrected chi connectivity index (χ1v) is 10.6. The number of aromatic nitrogens is 4. The second-order valence-electron chi connectivity index (χ2n) is 8.02. The van der Waals surface area contributed by atoms with E-state index in [0.29, 0.717) is 12.6 Å². The van der Waals surface area contributed by atoms with E-state index in [-0.39, 0.29) is 24.1 Å². The summed E-state index contributed by atoms with van der Waals surface area (Å²) in [5, 5.41) is 18.2. The third-order valence-electron chi connectivity index (χ3n) is 6.03. The van der Waals surface area contributed by atoms with Gasteiger partial charge in [-0.1, -0.05) is 77.9 Å². The van der Waals surface area contributed by atoms with Gasteiger partial charge in [-0.05, 0) is 46.2 Å². The molecule has 1 aliphatic heterocycles. The van der Waals surface area contributed by atoms with Gasteiger partial charge in [-0.15, -0.1) is 0 Å². The lowest BCUT2D eigenvalue weighted by molar-refractivity contribution is -0.340. The summed E-state index contributed by atoms with van der Waals surface area (Å²) in [4.78, 5) is 11.5. The molecule has 3 aromatic carbocycles. The lowest BCUT2D eigenvalue weighted by atomic mass is 9.81. The van der Waals surface area contributed by atoms with E-state index in [9.17, 15) is 0 Å². The fraction of sp³-hybridized carbons (Fsp3) is 0.292. The van der Waals surface area contributed by atoms with Crippen LogP contribution in [0, 0.1) is 5.92 Å². The van der Waals surface area contributed by atoms with E-state index in [0.717, 1.165) is 5.56 Å². The van der Waals surface area contributed by atoms with E-state index in [2.05, 4.69) is 70.2 Å². The summed E-state index contributed by atoms with van der Waals surface area (Å²) >= 11 is 0. The number of fused-ring (bicyclic) bond motifs is 2. The number of nitrogens with zero attached hydrogens (tertiary/aromatic N) is 4. The zero-order valence-electron chi connectivity index (χ0n) is 17.6. The second kappa shape index (κ2) is 8.45. The molecule has 7 nitrogen and oxygen atoms in total. The van der Waals surface area contributed by atoms with Gasteiger partial charge in [0.15, 0.2) is 0 Å². The van der Waals surface area contributed by atoms with Gasteiger partial charge in [0.1, 0.15) is 6.61 Å². The van der Waals surface area contributed by atoms with Gasteiger partial charge in [-0.3, -0.25) is 0 Å². The van der Waals surface area contributed by atoms with Crippen LogP contribution in [0.4, 0.5) is 5.95 Å². The van der Waals surface area contributed by atoms with Crippen molar-refractivity contribution in [1.29, 1.82) is 0 Å². The molecule has 1 aromatic heterocycles. The van der Waals surface area contributed by atoms with Gasteiger partial charge in [0.05, 0.1) is 12.1 Å². The van der Waals surface area contributed by atoms with Crippen LogP contribution in [0.2, 0.25) is 0 Å². The monoisotopic (exact) mass is 415 g/mol. The first kappa shape index (κ1) is 19.7. The van der Waals surface area contributed by atoms with Crippen LogP contribution in [0.3, 0.4) is 0 Å². The minimum Gasteiger partial charge on any atom is -0.350 e. The van der Waals surface area contributed by atoms with Crippen LogP contribution in [0.1, 0.15) is 31.0 Å². The SMILES string of the molecule is CC1Nc2nnnn2C(c2cccc3ccccc23)C1C(C)OOCc1ccccc1. The van der Waals surface area contributed by atoms with Gasteiger partial charge < -0.3 is 5.32 Å². The number of hydrogen-bond donors (Lipinski definition) is 1. The van der Waals surface area contributed by atoms with Crippen LogP contribution in [0.5, 0.6) is 0 Å². The van der Waals surface area contributed by atoms with Crippen LogP contribution in [-0.4, -0.2) is 32.4 Å². The number of rotatable bonds is 6. The van der Waals surface area contributed by atoms with Crippen molar-refractivity contribution in [2.45, 2.75) is 38.6 Å². The topological polar surface area (TPSA) is 74.1 Å². The lowest BCUT2D eigenvalue weighted by Crippen LogP contribution is -2.46. The van der Waals surface area contributed by atoms with Crippen molar-refractivity contribution in [3.63, 3.8) is 0 Å². The Hall–Kier alpha value is -3.29. The Bertz CT molecular complexity index is 1160. The summed E-state index contributed by atoms with van der Waals surface area (Å²) in [5.74, 6) is 0.705. The molecule has 5 rings (SSSR count). The maximum absolute atomic E-state index is 5.89. The molecule has 0 saturated carbocycles. The molecule has 0 radical (unpaired) electrons. The second-order valence-corrected chi connectivity index (χ2v) is 8.02. The molecule has 7 heteroatoms. The Morgan fingerprint density at radius 1 is 1.00 bits per heavy atom. The Morgan fingerprint density at radius 2 is 1.77 bits per heavy atom.